The smallest absolute Gasteiger partial charge is 0.407 e. The lowest BCUT2D eigenvalue weighted by molar-refractivity contribution is 0.0945. The Bertz CT molecular complexity index is 1140. The van der Waals surface area contributed by atoms with Crippen LogP contribution in [0.5, 0.6) is 0 Å². The summed E-state index contributed by atoms with van der Waals surface area (Å²) in [7, 11) is 3.97. The molecule has 3 amide bonds. The Hall–Kier alpha value is -3.39. The topological polar surface area (TPSA) is 99.8 Å². The summed E-state index contributed by atoms with van der Waals surface area (Å²) >= 11 is 0. The van der Waals surface area contributed by atoms with Gasteiger partial charge in [-0.15, -0.1) is 0 Å². The second-order valence-electron chi connectivity index (χ2n) is 12.9. The normalized spacial score (nSPS) is 11.0. The number of alkyl carbamates (subject to hydrolysis) is 1. The van der Waals surface area contributed by atoms with Gasteiger partial charge in [0.25, 0.3) is 11.8 Å². The molecular weight excluding hydrogens is 588 g/mol. The van der Waals surface area contributed by atoms with E-state index in [0.717, 1.165) is 25.8 Å². The zero-order chi connectivity index (χ0) is 34.0. The summed E-state index contributed by atoms with van der Waals surface area (Å²) in [5.41, 5.74) is 1.99. The van der Waals surface area contributed by atoms with E-state index in [1.165, 1.54) is 89.9 Å². The van der Waals surface area contributed by atoms with Gasteiger partial charge in [0.15, 0.2) is 0 Å². The number of hydrogen-bond donors (Lipinski definition) is 3. The minimum atomic E-state index is -0.523. The van der Waals surface area contributed by atoms with Gasteiger partial charge >= 0.3 is 6.09 Å². The van der Waals surface area contributed by atoms with Crippen molar-refractivity contribution < 1.29 is 19.1 Å². The van der Waals surface area contributed by atoms with Crippen LogP contribution in [0.3, 0.4) is 0 Å². The summed E-state index contributed by atoms with van der Waals surface area (Å²) in [5.74, 6) is -0.502. The van der Waals surface area contributed by atoms with E-state index in [9.17, 15) is 14.4 Å². The van der Waals surface area contributed by atoms with E-state index in [1.807, 2.05) is 20.2 Å². The maximum absolute atomic E-state index is 13.3. The first-order chi connectivity index (χ1) is 22.9. The zero-order valence-electron chi connectivity index (χ0n) is 29.5. The lowest BCUT2D eigenvalue weighted by Gasteiger charge is -2.14. The van der Waals surface area contributed by atoms with Crippen molar-refractivity contribution in [3.63, 3.8) is 0 Å². The third kappa shape index (κ3) is 19.1. The summed E-state index contributed by atoms with van der Waals surface area (Å²) < 4.78 is 5.42. The average Bonchev–Trinajstić information content (AvgIpc) is 3.07. The highest BCUT2D eigenvalue weighted by Crippen LogP contribution is 2.19. The van der Waals surface area contributed by atoms with Crippen LogP contribution in [0.15, 0.2) is 48.5 Å². The SMILES string of the molecule is CCCCCCCCCCCCCCCCCCNC(=O)c1cc(NC(=O)c2ccccc2)ccc1COC(=O)NCCCN(C)C. The van der Waals surface area contributed by atoms with Crippen molar-refractivity contribution in [3.05, 3.63) is 65.2 Å². The number of amides is 3. The quantitative estimate of drug-likeness (QED) is 0.0882. The molecule has 0 aliphatic carbocycles. The Morgan fingerprint density at radius 2 is 1.19 bits per heavy atom. The first kappa shape index (κ1) is 39.8. The minimum absolute atomic E-state index is 0.0474. The summed E-state index contributed by atoms with van der Waals surface area (Å²) in [6.07, 6.45) is 21.1. The number of ether oxygens (including phenoxy) is 1. The number of anilines is 1. The summed E-state index contributed by atoms with van der Waals surface area (Å²) in [6.45, 7) is 4.17. The second kappa shape index (κ2) is 25.7. The Kier molecular flexibility index (Phi) is 21.7. The standard InChI is InChI=1S/C39H62N4O4/c1-4-5-6-7-8-9-10-11-12-13-14-15-16-17-18-22-28-40-38(45)36-31-35(42-37(44)33-24-20-19-21-25-33)27-26-34(36)32-47-39(46)41-29-23-30-43(2)3/h19-21,24-27,31H,4-18,22-23,28-30,32H2,1-3H3,(H,40,45)(H,41,46)(H,42,44). The molecule has 3 N–H and O–H groups in total. The predicted octanol–water partition coefficient (Wildman–Crippen LogP) is 9.11. The molecule has 0 radical (unpaired) electrons. The van der Waals surface area contributed by atoms with Crippen molar-refractivity contribution in [3.8, 4) is 0 Å². The molecule has 0 heterocycles. The fourth-order valence-electron chi connectivity index (χ4n) is 5.53. The molecule has 0 aromatic heterocycles. The fourth-order valence-corrected chi connectivity index (χ4v) is 5.53. The molecule has 2 aromatic carbocycles. The van der Waals surface area contributed by atoms with E-state index < -0.39 is 6.09 Å². The number of carbonyl (C=O) groups is 3. The molecule has 0 saturated carbocycles. The molecule has 2 rings (SSSR count). The van der Waals surface area contributed by atoms with Crippen molar-refractivity contribution >= 4 is 23.6 Å². The summed E-state index contributed by atoms with van der Waals surface area (Å²) in [4.78, 5) is 40.3. The third-order valence-electron chi connectivity index (χ3n) is 8.37. The molecule has 0 fully saturated rings. The zero-order valence-corrected chi connectivity index (χ0v) is 29.5. The van der Waals surface area contributed by atoms with E-state index in [1.54, 1.807) is 42.5 Å². The van der Waals surface area contributed by atoms with Gasteiger partial charge in [-0.3, -0.25) is 9.59 Å². The van der Waals surface area contributed by atoms with Crippen molar-refractivity contribution in [2.45, 2.75) is 123 Å². The first-order valence-electron chi connectivity index (χ1n) is 18.2. The van der Waals surface area contributed by atoms with E-state index in [2.05, 4.69) is 27.8 Å². The van der Waals surface area contributed by atoms with Crippen LogP contribution in [0.1, 0.15) is 142 Å². The number of carbonyl (C=O) groups excluding carboxylic acids is 3. The van der Waals surface area contributed by atoms with Gasteiger partial charge in [-0.05, 0) is 57.7 Å². The fraction of sp³-hybridized carbons (Fsp3) is 0.615. The molecule has 0 saturated heterocycles. The monoisotopic (exact) mass is 650 g/mol. The van der Waals surface area contributed by atoms with Gasteiger partial charge in [-0.25, -0.2) is 4.79 Å². The van der Waals surface area contributed by atoms with Crippen LogP contribution in [-0.4, -0.2) is 56.5 Å². The van der Waals surface area contributed by atoms with Crippen LogP contribution in [0.4, 0.5) is 10.5 Å². The lowest BCUT2D eigenvalue weighted by Crippen LogP contribution is -2.28. The maximum atomic E-state index is 13.3. The average molecular weight is 651 g/mol. The van der Waals surface area contributed by atoms with Gasteiger partial charge < -0.3 is 25.6 Å². The van der Waals surface area contributed by atoms with E-state index in [0.29, 0.717) is 35.5 Å². The van der Waals surface area contributed by atoms with E-state index >= 15 is 0 Å². The number of nitrogens with zero attached hydrogens (tertiary/aromatic N) is 1. The van der Waals surface area contributed by atoms with E-state index in [4.69, 9.17) is 4.74 Å². The van der Waals surface area contributed by atoms with Gasteiger partial charge in [-0.2, -0.15) is 0 Å². The Morgan fingerprint density at radius 1 is 0.638 bits per heavy atom. The molecule has 8 nitrogen and oxygen atoms in total. The lowest BCUT2D eigenvalue weighted by atomic mass is 10.0. The predicted molar refractivity (Wildman–Crippen MR) is 194 cm³/mol. The molecule has 0 bridgehead atoms. The van der Waals surface area contributed by atoms with Crippen molar-refractivity contribution in [2.75, 3.05) is 39.0 Å². The molecule has 0 atom stereocenters. The number of rotatable bonds is 26. The van der Waals surface area contributed by atoms with Gasteiger partial charge in [0, 0.05) is 35.5 Å². The van der Waals surface area contributed by atoms with Crippen molar-refractivity contribution in [1.82, 2.24) is 15.5 Å². The van der Waals surface area contributed by atoms with E-state index in [-0.39, 0.29) is 18.4 Å². The van der Waals surface area contributed by atoms with Gasteiger partial charge in [0.1, 0.15) is 6.61 Å². The molecule has 0 unspecified atom stereocenters. The molecule has 262 valence electrons. The largest absolute Gasteiger partial charge is 0.445 e. The highest BCUT2D eigenvalue weighted by atomic mass is 16.5. The van der Waals surface area contributed by atoms with Gasteiger partial charge in [0.2, 0.25) is 0 Å². The van der Waals surface area contributed by atoms with Crippen LogP contribution in [-0.2, 0) is 11.3 Å². The summed E-state index contributed by atoms with van der Waals surface area (Å²) in [5, 5.41) is 8.65. The molecular formula is C39H62N4O4. The molecule has 8 heteroatoms. The van der Waals surface area contributed by atoms with Crippen molar-refractivity contribution in [2.24, 2.45) is 0 Å². The third-order valence-corrected chi connectivity index (χ3v) is 8.37. The number of unbranched alkanes of at least 4 members (excludes halogenated alkanes) is 15. The Morgan fingerprint density at radius 3 is 1.77 bits per heavy atom. The van der Waals surface area contributed by atoms with Crippen LogP contribution >= 0.6 is 0 Å². The second-order valence-corrected chi connectivity index (χ2v) is 12.9. The van der Waals surface area contributed by atoms with Crippen LogP contribution in [0.2, 0.25) is 0 Å². The van der Waals surface area contributed by atoms with Crippen LogP contribution in [0, 0.1) is 0 Å². The van der Waals surface area contributed by atoms with Gasteiger partial charge in [0.05, 0.1) is 0 Å². The Labute approximate surface area is 284 Å². The molecule has 0 aliphatic heterocycles. The molecule has 0 aliphatic rings. The van der Waals surface area contributed by atoms with Crippen molar-refractivity contribution in [1.29, 1.82) is 0 Å². The number of benzene rings is 2. The Balaban J connectivity index is 1.73. The summed E-state index contributed by atoms with van der Waals surface area (Å²) in [6, 6.07) is 14.0. The highest BCUT2D eigenvalue weighted by molar-refractivity contribution is 6.05. The van der Waals surface area contributed by atoms with Crippen LogP contribution in [0.25, 0.3) is 0 Å². The first-order valence-corrected chi connectivity index (χ1v) is 18.2. The van der Waals surface area contributed by atoms with Crippen LogP contribution < -0.4 is 16.0 Å². The minimum Gasteiger partial charge on any atom is -0.445 e. The van der Waals surface area contributed by atoms with Gasteiger partial charge in [-0.1, -0.05) is 128 Å². The molecule has 0 spiro atoms. The molecule has 2 aromatic rings. The number of hydrogen-bond acceptors (Lipinski definition) is 5. The number of nitrogens with one attached hydrogen (secondary N) is 3. The highest BCUT2D eigenvalue weighted by Gasteiger charge is 2.15. The maximum Gasteiger partial charge on any atom is 0.407 e. The molecule has 47 heavy (non-hydrogen) atoms.